The summed E-state index contributed by atoms with van der Waals surface area (Å²) in [5, 5.41) is -0.0302. The molecule has 1 aliphatic heterocycles. The summed E-state index contributed by atoms with van der Waals surface area (Å²) in [5.74, 6) is -1.96. The van der Waals surface area contributed by atoms with Crippen molar-refractivity contribution in [3.05, 3.63) is 57.1 Å². The van der Waals surface area contributed by atoms with Crippen LogP contribution in [0.1, 0.15) is 12.0 Å². The summed E-state index contributed by atoms with van der Waals surface area (Å²) < 4.78 is 94.9. The number of carbonyl (C=O) groups is 1. The van der Waals surface area contributed by atoms with Gasteiger partial charge in [-0.3, -0.25) is 4.79 Å². The lowest BCUT2D eigenvalue weighted by Gasteiger charge is -2.36. The molecule has 0 saturated carbocycles. The van der Waals surface area contributed by atoms with Gasteiger partial charge in [-0.1, -0.05) is 37.9 Å². The van der Waals surface area contributed by atoms with Gasteiger partial charge in [0.05, 0.1) is 10.4 Å². The van der Waals surface area contributed by atoms with Crippen molar-refractivity contribution in [3.63, 3.8) is 0 Å². The van der Waals surface area contributed by atoms with E-state index >= 15 is 0 Å². The van der Waals surface area contributed by atoms with Gasteiger partial charge in [-0.25, -0.2) is 21.2 Å². The molecule has 0 atom stereocenters. The minimum Gasteiger partial charge on any atom is -0.367 e. The Hall–Kier alpha value is -2.19. The van der Waals surface area contributed by atoms with Gasteiger partial charge >= 0.3 is 12.1 Å². The van der Waals surface area contributed by atoms with Gasteiger partial charge in [0.25, 0.3) is 16.4 Å². The lowest BCUT2D eigenvalue weighted by Crippen LogP contribution is -2.52. The fraction of sp³-hybridized carbons (Fsp3) is 0.286. The Kier molecular flexibility index (Phi) is 6.92. The predicted octanol–water partition coefficient (Wildman–Crippen LogP) is 5.55. The van der Waals surface area contributed by atoms with E-state index in [1.165, 1.54) is 30.3 Å². The van der Waals surface area contributed by atoms with E-state index in [0.29, 0.717) is 13.8 Å². The van der Waals surface area contributed by atoms with Crippen LogP contribution in [0.15, 0.2) is 56.4 Å². The molecule has 0 spiro atoms. The summed E-state index contributed by atoms with van der Waals surface area (Å²) in [6.45, 7) is -0.653. The van der Waals surface area contributed by atoms with Crippen LogP contribution < -0.4 is 4.90 Å². The number of rotatable bonds is 4. The topological polar surface area (TPSA) is 62.6 Å². The Balaban J connectivity index is 1.81. The van der Waals surface area contributed by atoms with Gasteiger partial charge in [0, 0.05) is 58.0 Å². The summed E-state index contributed by atoms with van der Waals surface area (Å²) in [6, 6.07) is 8.70. The zero-order chi connectivity index (χ0) is 25.7. The van der Waals surface area contributed by atoms with E-state index in [9.17, 15) is 35.2 Å². The molecule has 14 heteroatoms. The van der Waals surface area contributed by atoms with Crippen molar-refractivity contribution in [1.82, 2.24) is 8.87 Å². The predicted molar refractivity (Wildman–Crippen MR) is 126 cm³/mol. The Morgan fingerprint density at radius 3 is 2.20 bits per heavy atom. The number of hydrogen-bond acceptors (Lipinski definition) is 4. The van der Waals surface area contributed by atoms with Gasteiger partial charge in [0.2, 0.25) is 0 Å². The summed E-state index contributed by atoms with van der Waals surface area (Å²) in [6.07, 6.45) is -7.17. The first-order chi connectivity index (χ1) is 16.3. The molecular weight excluding hydrogens is 629 g/mol. The van der Waals surface area contributed by atoms with Crippen LogP contribution in [0.5, 0.6) is 0 Å². The summed E-state index contributed by atoms with van der Waals surface area (Å²) in [4.78, 5) is 13.6. The Labute approximate surface area is 213 Å². The molecule has 0 bridgehead atoms. The molecule has 1 aliphatic rings. The van der Waals surface area contributed by atoms with Crippen molar-refractivity contribution in [2.45, 2.75) is 17.5 Å². The Morgan fingerprint density at radius 2 is 1.63 bits per heavy atom. The maximum absolute atomic E-state index is 14.1. The average molecular weight is 645 g/mol. The standard InChI is InChI=1S/C21H16Br2F5N3O3S/c22-12-2-1-3-14(8-12)35(33,34)31-11-15(19(24)25)18-16(9-13(23)10-17(18)31)29-4-6-30(7-5-29)20(32)21(26,27)28/h1-3,8-11,19H,4-7H2. The highest BCUT2D eigenvalue weighted by atomic mass is 79.9. The van der Waals surface area contributed by atoms with Gasteiger partial charge in [0.1, 0.15) is 0 Å². The molecule has 1 saturated heterocycles. The molecule has 1 fully saturated rings. The number of aromatic nitrogens is 1. The first-order valence-electron chi connectivity index (χ1n) is 10.1. The second kappa shape index (κ2) is 9.36. The number of halogens is 7. The summed E-state index contributed by atoms with van der Waals surface area (Å²) >= 11 is 6.48. The second-order valence-corrected chi connectivity index (χ2v) is 11.4. The Bertz CT molecular complexity index is 1400. The molecule has 0 radical (unpaired) electrons. The fourth-order valence-corrected chi connectivity index (χ4v) is 6.39. The zero-order valence-electron chi connectivity index (χ0n) is 17.6. The molecular formula is C21H16Br2F5N3O3S. The Morgan fingerprint density at radius 1 is 0.971 bits per heavy atom. The maximum atomic E-state index is 14.1. The molecule has 1 amide bonds. The highest BCUT2D eigenvalue weighted by Gasteiger charge is 2.43. The minimum atomic E-state index is -5.01. The highest BCUT2D eigenvalue weighted by Crippen LogP contribution is 2.40. The maximum Gasteiger partial charge on any atom is 0.471 e. The van der Waals surface area contributed by atoms with Crippen LogP contribution in [0.25, 0.3) is 10.9 Å². The number of amides is 1. The minimum absolute atomic E-state index is 0.0153. The third kappa shape index (κ3) is 4.92. The molecule has 3 aromatic rings. The van der Waals surface area contributed by atoms with Crippen molar-refractivity contribution in [1.29, 1.82) is 0 Å². The highest BCUT2D eigenvalue weighted by molar-refractivity contribution is 9.10. The van der Waals surface area contributed by atoms with Crippen LogP contribution in [0.3, 0.4) is 0 Å². The molecule has 2 aromatic carbocycles. The molecule has 1 aromatic heterocycles. The van der Waals surface area contributed by atoms with E-state index in [1.54, 1.807) is 11.0 Å². The largest absolute Gasteiger partial charge is 0.471 e. The molecule has 35 heavy (non-hydrogen) atoms. The van der Waals surface area contributed by atoms with Crippen LogP contribution in [0.2, 0.25) is 0 Å². The van der Waals surface area contributed by atoms with Crippen LogP contribution >= 0.6 is 31.9 Å². The molecule has 6 nitrogen and oxygen atoms in total. The third-order valence-corrected chi connectivity index (χ3v) is 8.20. The lowest BCUT2D eigenvalue weighted by atomic mass is 10.1. The number of fused-ring (bicyclic) bond motifs is 1. The van der Waals surface area contributed by atoms with E-state index < -0.39 is 34.1 Å². The SMILES string of the molecule is O=C(N1CCN(c2cc(Br)cc3c2c(C(F)F)cn3S(=O)(=O)c2cccc(Br)c2)CC1)C(F)(F)F. The number of carbonyl (C=O) groups excluding carboxylic acids is 1. The van der Waals surface area contributed by atoms with Crippen molar-refractivity contribution >= 4 is 64.4 Å². The van der Waals surface area contributed by atoms with Gasteiger partial charge < -0.3 is 9.80 Å². The van der Waals surface area contributed by atoms with Crippen molar-refractivity contribution in [2.75, 3.05) is 31.1 Å². The number of anilines is 1. The summed E-state index contributed by atoms with van der Waals surface area (Å²) in [5.41, 5.74) is -0.319. The van der Waals surface area contributed by atoms with E-state index in [-0.39, 0.29) is 47.7 Å². The van der Waals surface area contributed by atoms with Crippen molar-refractivity contribution < 1.29 is 35.2 Å². The van der Waals surface area contributed by atoms with Gasteiger partial charge in [0.15, 0.2) is 0 Å². The molecule has 0 unspecified atom stereocenters. The third-order valence-electron chi connectivity index (χ3n) is 5.58. The monoisotopic (exact) mass is 643 g/mol. The summed E-state index contributed by atoms with van der Waals surface area (Å²) in [7, 11) is -4.27. The van der Waals surface area contributed by atoms with Crippen LogP contribution in [-0.2, 0) is 14.8 Å². The number of piperazine rings is 1. The molecule has 0 N–H and O–H groups in total. The number of alkyl halides is 5. The van der Waals surface area contributed by atoms with E-state index in [0.717, 1.165) is 10.2 Å². The number of hydrogen-bond donors (Lipinski definition) is 0. The molecule has 188 valence electrons. The lowest BCUT2D eigenvalue weighted by molar-refractivity contribution is -0.185. The molecule has 2 heterocycles. The van der Waals surface area contributed by atoms with Crippen LogP contribution in [-0.4, -0.2) is 55.6 Å². The van der Waals surface area contributed by atoms with Crippen molar-refractivity contribution in [3.8, 4) is 0 Å². The molecule has 4 rings (SSSR count). The van der Waals surface area contributed by atoms with E-state index in [4.69, 9.17) is 0 Å². The van der Waals surface area contributed by atoms with Gasteiger partial charge in [-0.2, -0.15) is 13.2 Å². The van der Waals surface area contributed by atoms with Crippen LogP contribution in [0, 0.1) is 0 Å². The first kappa shape index (κ1) is 25.9. The zero-order valence-corrected chi connectivity index (χ0v) is 21.6. The number of nitrogens with zero attached hydrogens (tertiary/aromatic N) is 3. The van der Waals surface area contributed by atoms with Crippen LogP contribution in [0.4, 0.5) is 27.6 Å². The van der Waals surface area contributed by atoms with Gasteiger partial charge in [-0.05, 0) is 30.3 Å². The fourth-order valence-electron chi connectivity index (χ4n) is 3.99. The molecule has 0 aliphatic carbocycles. The number of benzene rings is 2. The average Bonchev–Trinajstić information content (AvgIpc) is 3.18. The van der Waals surface area contributed by atoms with E-state index in [1.807, 2.05) is 0 Å². The van der Waals surface area contributed by atoms with Gasteiger partial charge in [-0.15, -0.1) is 0 Å². The normalized spacial score (nSPS) is 15.3. The van der Waals surface area contributed by atoms with E-state index in [2.05, 4.69) is 31.9 Å². The quantitative estimate of drug-likeness (QED) is 0.350. The van der Waals surface area contributed by atoms with Crippen molar-refractivity contribution in [2.24, 2.45) is 0 Å². The first-order valence-corrected chi connectivity index (χ1v) is 13.1. The smallest absolute Gasteiger partial charge is 0.367 e. The second-order valence-electron chi connectivity index (χ2n) is 7.74.